The number of hydrogen-bond acceptors (Lipinski definition) is 5. The van der Waals surface area contributed by atoms with E-state index in [0.717, 1.165) is 24.8 Å². The Hall–Kier alpha value is -2.12. The number of nitrogens with zero attached hydrogens (tertiary/aromatic N) is 1. The number of carboxylic acids is 1. The first-order chi connectivity index (χ1) is 13.1. The van der Waals surface area contributed by atoms with Crippen LogP contribution in [0.25, 0.3) is 0 Å². The van der Waals surface area contributed by atoms with Gasteiger partial charge in [0.2, 0.25) is 0 Å². The molecule has 1 aliphatic heterocycles. The molecule has 1 unspecified atom stereocenters. The molecule has 1 heterocycles. The summed E-state index contributed by atoms with van der Waals surface area (Å²) in [5.74, 6) is -0.983. The molecule has 1 fully saturated rings. The Kier molecular flexibility index (Phi) is 9.07. The summed E-state index contributed by atoms with van der Waals surface area (Å²) in [6.07, 6.45) is 3.40. The molecule has 2 N–H and O–H groups in total. The maximum absolute atomic E-state index is 12.1. The molecule has 0 bridgehead atoms. The van der Waals surface area contributed by atoms with E-state index in [-0.39, 0.29) is 18.7 Å². The van der Waals surface area contributed by atoms with Crippen LogP contribution >= 0.6 is 0 Å². The molecular formula is C20H29NO6. The summed E-state index contributed by atoms with van der Waals surface area (Å²) in [5.41, 5.74) is 1.10. The number of carbonyl (C=O) groups excluding carboxylic acids is 1. The summed E-state index contributed by atoms with van der Waals surface area (Å²) in [6.45, 7) is 1.02. The number of aliphatic hydroxyl groups is 1. The largest absolute Gasteiger partial charge is 0.480 e. The topological polar surface area (TPSA) is 96.3 Å². The molecule has 150 valence electrons. The second kappa shape index (κ2) is 11.6. The monoisotopic (exact) mass is 379 g/mol. The van der Waals surface area contributed by atoms with Crippen LogP contribution in [0, 0.1) is 0 Å². The SMILES string of the molecule is O=C(O)COCCCCN1C(=O)OCC[C@@H]1CCC(O)Cc1ccccc1. The minimum Gasteiger partial charge on any atom is -0.480 e. The average molecular weight is 379 g/mol. The highest BCUT2D eigenvalue weighted by Crippen LogP contribution is 2.20. The quantitative estimate of drug-likeness (QED) is 0.542. The Labute approximate surface area is 159 Å². The van der Waals surface area contributed by atoms with Crippen LogP contribution in [0.2, 0.25) is 0 Å². The third kappa shape index (κ3) is 7.97. The van der Waals surface area contributed by atoms with Gasteiger partial charge in [0.25, 0.3) is 0 Å². The van der Waals surface area contributed by atoms with Crippen molar-refractivity contribution in [2.24, 2.45) is 0 Å². The number of amides is 1. The van der Waals surface area contributed by atoms with Crippen molar-refractivity contribution in [2.45, 2.75) is 50.7 Å². The second-order valence-corrected chi connectivity index (χ2v) is 6.82. The molecule has 0 aromatic heterocycles. The second-order valence-electron chi connectivity index (χ2n) is 6.82. The number of aliphatic carboxylic acids is 1. The van der Waals surface area contributed by atoms with Gasteiger partial charge in [-0.2, -0.15) is 0 Å². The summed E-state index contributed by atoms with van der Waals surface area (Å²) >= 11 is 0. The zero-order valence-corrected chi connectivity index (χ0v) is 15.6. The first kappa shape index (κ1) is 21.2. The van der Waals surface area contributed by atoms with Crippen molar-refractivity contribution in [3.8, 4) is 0 Å². The third-order valence-corrected chi connectivity index (χ3v) is 4.66. The molecule has 7 nitrogen and oxygen atoms in total. The summed E-state index contributed by atoms with van der Waals surface area (Å²) in [5, 5.41) is 18.8. The molecule has 0 radical (unpaired) electrons. The lowest BCUT2D eigenvalue weighted by Crippen LogP contribution is -2.46. The highest BCUT2D eigenvalue weighted by atomic mass is 16.6. The number of carbonyl (C=O) groups is 2. The van der Waals surface area contributed by atoms with Crippen LogP contribution < -0.4 is 0 Å². The van der Waals surface area contributed by atoms with Gasteiger partial charge in [0, 0.05) is 25.6 Å². The third-order valence-electron chi connectivity index (χ3n) is 4.66. The Bertz CT molecular complexity index is 579. The van der Waals surface area contributed by atoms with Gasteiger partial charge in [0.1, 0.15) is 6.61 Å². The van der Waals surface area contributed by atoms with Crippen molar-refractivity contribution >= 4 is 12.1 Å². The fraction of sp³-hybridized carbons (Fsp3) is 0.600. The van der Waals surface area contributed by atoms with Gasteiger partial charge in [0.05, 0.1) is 12.7 Å². The zero-order chi connectivity index (χ0) is 19.5. The number of hydrogen-bond donors (Lipinski definition) is 2. The first-order valence-electron chi connectivity index (χ1n) is 9.51. The van der Waals surface area contributed by atoms with E-state index in [4.69, 9.17) is 14.6 Å². The molecular weight excluding hydrogens is 350 g/mol. The van der Waals surface area contributed by atoms with E-state index in [0.29, 0.717) is 39.0 Å². The van der Waals surface area contributed by atoms with Crippen molar-refractivity contribution < 1.29 is 29.3 Å². The van der Waals surface area contributed by atoms with E-state index in [2.05, 4.69) is 0 Å². The van der Waals surface area contributed by atoms with E-state index in [1.807, 2.05) is 30.3 Å². The summed E-state index contributed by atoms with van der Waals surface area (Å²) in [7, 11) is 0. The van der Waals surface area contributed by atoms with E-state index in [9.17, 15) is 14.7 Å². The summed E-state index contributed by atoms with van der Waals surface area (Å²) in [4.78, 5) is 24.2. The minimum absolute atomic E-state index is 0.0663. The molecule has 2 atom stereocenters. The lowest BCUT2D eigenvalue weighted by atomic mass is 9.99. The Morgan fingerprint density at radius 1 is 1.30 bits per heavy atom. The maximum atomic E-state index is 12.1. The molecule has 1 saturated heterocycles. The van der Waals surface area contributed by atoms with Crippen LogP contribution in [0.15, 0.2) is 30.3 Å². The predicted octanol–water partition coefficient (Wildman–Crippen LogP) is 2.46. The molecule has 1 aliphatic rings. The van der Waals surface area contributed by atoms with Gasteiger partial charge in [-0.05, 0) is 37.7 Å². The fourth-order valence-corrected chi connectivity index (χ4v) is 3.26. The molecule has 0 spiro atoms. The molecule has 2 rings (SSSR count). The van der Waals surface area contributed by atoms with Crippen LogP contribution in [0.3, 0.4) is 0 Å². The van der Waals surface area contributed by atoms with Crippen LogP contribution in [-0.4, -0.2) is 65.7 Å². The lowest BCUT2D eigenvalue weighted by Gasteiger charge is -2.35. The van der Waals surface area contributed by atoms with Gasteiger partial charge in [0.15, 0.2) is 0 Å². The molecule has 1 aromatic rings. The van der Waals surface area contributed by atoms with Gasteiger partial charge in [-0.1, -0.05) is 30.3 Å². The van der Waals surface area contributed by atoms with Gasteiger partial charge in [-0.15, -0.1) is 0 Å². The highest BCUT2D eigenvalue weighted by Gasteiger charge is 2.29. The Balaban J connectivity index is 1.72. The van der Waals surface area contributed by atoms with Crippen LogP contribution in [0.4, 0.5) is 4.79 Å². The van der Waals surface area contributed by atoms with E-state index >= 15 is 0 Å². The number of ether oxygens (including phenoxy) is 2. The molecule has 27 heavy (non-hydrogen) atoms. The summed E-state index contributed by atoms with van der Waals surface area (Å²) < 4.78 is 10.2. The van der Waals surface area contributed by atoms with Crippen molar-refractivity contribution in [3.63, 3.8) is 0 Å². The van der Waals surface area contributed by atoms with Gasteiger partial charge in [-0.25, -0.2) is 9.59 Å². The number of rotatable bonds is 12. The number of unbranched alkanes of at least 4 members (excludes halogenated alkanes) is 1. The van der Waals surface area contributed by atoms with Crippen LogP contribution in [-0.2, 0) is 20.7 Å². The Morgan fingerprint density at radius 3 is 2.81 bits per heavy atom. The number of aliphatic hydroxyl groups excluding tert-OH is 1. The van der Waals surface area contributed by atoms with Crippen LogP contribution in [0.5, 0.6) is 0 Å². The average Bonchev–Trinajstić information content (AvgIpc) is 2.65. The molecule has 7 heteroatoms. The van der Waals surface area contributed by atoms with E-state index in [1.165, 1.54) is 0 Å². The molecule has 0 saturated carbocycles. The molecule has 1 amide bonds. The maximum Gasteiger partial charge on any atom is 0.410 e. The van der Waals surface area contributed by atoms with Crippen molar-refractivity contribution in [2.75, 3.05) is 26.4 Å². The number of cyclic esters (lactones) is 1. The summed E-state index contributed by atoms with van der Waals surface area (Å²) in [6, 6.07) is 9.94. The first-order valence-corrected chi connectivity index (χ1v) is 9.51. The standard InChI is InChI=1S/C20H29NO6/c22-18(14-16-6-2-1-3-7-16)9-8-17-10-13-27-20(25)21(17)11-4-5-12-26-15-19(23)24/h1-3,6-7,17-18,22H,4-5,8-15H2,(H,23,24)/t17-,18?/m0/s1. The lowest BCUT2D eigenvalue weighted by molar-refractivity contribution is -0.142. The number of benzene rings is 1. The normalized spacial score (nSPS) is 18.2. The zero-order valence-electron chi connectivity index (χ0n) is 15.6. The van der Waals surface area contributed by atoms with Crippen molar-refractivity contribution in [1.29, 1.82) is 0 Å². The van der Waals surface area contributed by atoms with Crippen LogP contribution in [0.1, 0.15) is 37.7 Å². The van der Waals surface area contributed by atoms with E-state index < -0.39 is 12.1 Å². The van der Waals surface area contributed by atoms with Gasteiger partial charge in [-0.3, -0.25) is 0 Å². The predicted molar refractivity (Wildman–Crippen MR) is 99.5 cm³/mol. The smallest absolute Gasteiger partial charge is 0.410 e. The highest BCUT2D eigenvalue weighted by molar-refractivity contribution is 5.68. The van der Waals surface area contributed by atoms with Crippen molar-refractivity contribution in [3.05, 3.63) is 35.9 Å². The minimum atomic E-state index is -0.983. The molecule has 1 aromatic carbocycles. The van der Waals surface area contributed by atoms with Crippen molar-refractivity contribution in [1.82, 2.24) is 4.90 Å². The fourth-order valence-electron chi connectivity index (χ4n) is 3.26. The number of carboxylic acid groups (broad SMARTS) is 1. The Morgan fingerprint density at radius 2 is 2.07 bits per heavy atom. The van der Waals surface area contributed by atoms with Gasteiger partial charge < -0.3 is 24.6 Å². The van der Waals surface area contributed by atoms with Gasteiger partial charge >= 0.3 is 12.1 Å². The van der Waals surface area contributed by atoms with E-state index in [1.54, 1.807) is 4.90 Å². The molecule has 0 aliphatic carbocycles.